The Bertz CT molecular complexity index is 442. The van der Waals surface area contributed by atoms with Crippen molar-refractivity contribution in [3.63, 3.8) is 0 Å². The molecule has 0 atom stereocenters. The minimum absolute atomic E-state index is 0.236. The van der Waals surface area contributed by atoms with Crippen LogP contribution in [0.25, 0.3) is 0 Å². The van der Waals surface area contributed by atoms with Gasteiger partial charge in [0.05, 0.1) is 12.2 Å². The lowest BCUT2D eigenvalue weighted by Gasteiger charge is -2.06. The Morgan fingerprint density at radius 1 is 1.00 bits per heavy atom. The highest BCUT2D eigenvalue weighted by Gasteiger charge is 2.02. The molecular weight excluding hydrogens is 292 g/mol. The molecule has 0 bridgehead atoms. The molecule has 0 unspecified atom stereocenters. The molecule has 21 heavy (non-hydrogen) atoms. The third-order valence-corrected chi connectivity index (χ3v) is 3.28. The normalized spacial score (nSPS) is 10.3. The summed E-state index contributed by atoms with van der Waals surface area (Å²) in [4.78, 5) is 21.9. The predicted molar refractivity (Wildman–Crippen MR) is 82.3 cm³/mol. The molecule has 0 radical (unpaired) electrons. The number of rotatable bonds is 11. The van der Waals surface area contributed by atoms with Crippen molar-refractivity contribution in [3.8, 4) is 5.75 Å². The van der Waals surface area contributed by atoms with Gasteiger partial charge >= 0.3 is 5.97 Å². The van der Waals surface area contributed by atoms with Gasteiger partial charge in [0, 0.05) is 18.7 Å². The number of unbranched alkanes of at least 4 members (excludes halogenated alkanes) is 3. The molecule has 0 fully saturated rings. The van der Waals surface area contributed by atoms with Crippen LogP contribution in [0.2, 0.25) is 0 Å². The van der Waals surface area contributed by atoms with Crippen LogP contribution in [0.1, 0.15) is 48.9 Å². The Kier molecular flexibility index (Phi) is 8.51. The van der Waals surface area contributed by atoms with Crippen LogP contribution < -0.4 is 4.74 Å². The Balaban J connectivity index is 2.06. The van der Waals surface area contributed by atoms with Gasteiger partial charge in [-0.25, -0.2) is 4.79 Å². The van der Waals surface area contributed by atoms with E-state index in [1.807, 2.05) is 0 Å². The maximum Gasteiger partial charge on any atom is 0.335 e. The highest BCUT2D eigenvalue weighted by Crippen LogP contribution is 2.13. The largest absolute Gasteiger partial charge is 0.494 e. The summed E-state index contributed by atoms with van der Waals surface area (Å²) in [5.41, 5.74) is 0.254. The first-order valence-electron chi connectivity index (χ1n) is 7.17. The van der Waals surface area contributed by atoms with Gasteiger partial charge in [-0.15, -0.1) is 11.6 Å². The first-order valence-corrected chi connectivity index (χ1v) is 7.70. The molecule has 1 aromatic carbocycles. The second-order valence-corrected chi connectivity index (χ2v) is 5.20. The summed E-state index contributed by atoms with van der Waals surface area (Å²) in [6, 6.07) is 6.38. The lowest BCUT2D eigenvalue weighted by atomic mass is 10.1. The van der Waals surface area contributed by atoms with Crippen LogP contribution in [0.15, 0.2) is 24.3 Å². The van der Waals surface area contributed by atoms with Crippen LogP contribution >= 0.6 is 11.6 Å². The number of carboxylic acid groups (broad SMARTS) is 1. The molecule has 0 amide bonds. The Hall–Kier alpha value is -1.55. The number of carbonyl (C=O) groups is 2. The fourth-order valence-electron chi connectivity index (χ4n) is 1.89. The van der Waals surface area contributed by atoms with E-state index in [2.05, 4.69) is 0 Å². The van der Waals surface area contributed by atoms with Gasteiger partial charge in [0.25, 0.3) is 0 Å². The molecular formula is C16H21ClO4. The molecule has 0 heterocycles. The number of aromatic carboxylic acids is 1. The Morgan fingerprint density at radius 3 is 2.29 bits per heavy atom. The lowest BCUT2D eigenvalue weighted by Crippen LogP contribution is -2.00. The molecule has 1 aromatic rings. The molecule has 0 aromatic heterocycles. The molecule has 5 heteroatoms. The smallest absolute Gasteiger partial charge is 0.335 e. The maximum absolute atomic E-state index is 11.2. The Labute approximate surface area is 130 Å². The zero-order chi connectivity index (χ0) is 15.5. The van der Waals surface area contributed by atoms with Crippen LogP contribution in [0.3, 0.4) is 0 Å². The number of carboxylic acids is 1. The second-order valence-electron chi connectivity index (χ2n) is 4.82. The van der Waals surface area contributed by atoms with E-state index in [9.17, 15) is 9.59 Å². The molecule has 116 valence electrons. The first-order chi connectivity index (χ1) is 10.1. The van der Waals surface area contributed by atoms with E-state index < -0.39 is 5.97 Å². The van der Waals surface area contributed by atoms with Gasteiger partial charge in [0.2, 0.25) is 0 Å². The van der Waals surface area contributed by atoms with Crippen LogP contribution in [0, 0.1) is 0 Å². The number of alkyl halides is 1. The fraction of sp³-hybridized carbons (Fsp3) is 0.500. The minimum Gasteiger partial charge on any atom is -0.494 e. The molecule has 0 aliphatic rings. The molecule has 0 saturated heterocycles. The van der Waals surface area contributed by atoms with E-state index in [-0.39, 0.29) is 11.3 Å². The van der Waals surface area contributed by atoms with E-state index in [1.54, 1.807) is 12.1 Å². The van der Waals surface area contributed by atoms with Crippen molar-refractivity contribution in [1.82, 2.24) is 0 Å². The van der Waals surface area contributed by atoms with Gasteiger partial charge in [-0.1, -0.05) is 12.8 Å². The Morgan fingerprint density at radius 2 is 1.67 bits per heavy atom. The van der Waals surface area contributed by atoms with E-state index in [0.717, 1.165) is 25.7 Å². The summed E-state index contributed by atoms with van der Waals surface area (Å²) >= 11 is 5.49. The summed E-state index contributed by atoms with van der Waals surface area (Å²) in [6.07, 6.45) is 4.94. The molecule has 1 N–H and O–H groups in total. The highest BCUT2D eigenvalue weighted by molar-refractivity contribution is 6.19. The van der Waals surface area contributed by atoms with Gasteiger partial charge in [-0.2, -0.15) is 0 Å². The van der Waals surface area contributed by atoms with Crippen molar-refractivity contribution in [1.29, 1.82) is 0 Å². The highest BCUT2D eigenvalue weighted by atomic mass is 35.5. The average Bonchev–Trinajstić information content (AvgIpc) is 2.47. The number of Topliss-reactive ketones (excluding diaryl/α,β-unsaturated/α-hetero) is 1. The van der Waals surface area contributed by atoms with E-state index in [4.69, 9.17) is 21.4 Å². The fourth-order valence-corrected chi connectivity index (χ4v) is 2.10. The van der Waals surface area contributed by atoms with Crippen LogP contribution in [0.5, 0.6) is 5.75 Å². The molecule has 0 spiro atoms. The van der Waals surface area contributed by atoms with Gasteiger partial charge in [-0.05, 0) is 37.1 Å². The minimum atomic E-state index is -0.940. The van der Waals surface area contributed by atoms with Gasteiger partial charge < -0.3 is 9.84 Å². The van der Waals surface area contributed by atoms with Gasteiger partial charge in [-0.3, -0.25) is 4.79 Å². The zero-order valence-corrected chi connectivity index (χ0v) is 12.8. The predicted octanol–water partition coefficient (Wildman–Crippen LogP) is 3.91. The van der Waals surface area contributed by atoms with Gasteiger partial charge in [0.15, 0.2) is 0 Å². The number of hydrogen-bond donors (Lipinski definition) is 1. The second kappa shape index (κ2) is 10.2. The van der Waals surface area contributed by atoms with E-state index >= 15 is 0 Å². The lowest BCUT2D eigenvalue weighted by molar-refractivity contribution is -0.118. The average molecular weight is 313 g/mol. The summed E-state index contributed by atoms with van der Waals surface area (Å²) in [6.45, 7) is 0.599. The maximum atomic E-state index is 11.2. The first kappa shape index (κ1) is 17.5. The van der Waals surface area contributed by atoms with Crippen molar-refractivity contribution >= 4 is 23.4 Å². The van der Waals surface area contributed by atoms with Gasteiger partial charge in [0.1, 0.15) is 11.5 Å². The summed E-state index contributed by atoms with van der Waals surface area (Å²) in [5, 5.41) is 8.77. The monoisotopic (exact) mass is 312 g/mol. The van der Waals surface area contributed by atoms with Crippen LogP contribution in [-0.2, 0) is 4.79 Å². The number of halogens is 1. The molecule has 0 aliphatic heterocycles. The SMILES string of the molecule is O=C(CCCl)CCCCCCOc1ccc(C(=O)O)cc1. The van der Waals surface area contributed by atoms with E-state index in [1.165, 1.54) is 12.1 Å². The number of hydrogen-bond acceptors (Lipinski definition) is 3. The topological polar surface area (TPSA) is 63.6 Å². The standard InChI is InChI=1S/C16H21ClO4/c17-11-10-14(18)5-3-1-2-4-12-21-15-8-6-13(7-9-15)16(19)20/h6-9H,1-5,10-12H2,(H,19,20). The summed E-state index contributed by atoms with van der Waals surface area (Å²) in [7, 11) is 0. The third-order valence-electron chi connectivity index (χ3n) is 3.09. The number of ether oxygens (including phenoxy) is 1. The van der Waals surface area contributed by atoms with Crippen LogP contribution in [0.4, 0.5) is 0 Å². The van der Waals surface area contributed by atoms with Crippen molar-refractivity contribution in [2.24, 2.45) is 0 Å². The number of ketones is 1. The quantitative estimate of drug-likeness (QED) is 0.497. The summed E-state index contributed by atoms with van der Waals surface area (Å²) in [5.74, 6) is 0.384. The van der Waals surface area contributed by atoms with E-state index in [0.29, 0.717) is 31.1 Å². The van der Waals surface area contributed by atoms with Crippen molar-refractivity contribution in [3.05, 3.63) is 29.8 Å². The number of carbonyl (C=O) groups excluding carboxylic acids is 1. The molecule has 0 saturated carbocycles. The van der Waals surface area contributed by atoms with Crippen LogP contribution in [-0.4, -0.2) is 29.3 Å². The van der Waals surface area contributed by atoms with Crippen molar-refractivity contribution < 1.29 is 19.4 Å². The molecule has 1 rings (SSSR count). The zero-order valence-electron chi connectivity index (χ0n) is 12.0. The third kappa shape index (κ3) is 7.71. The molecule has 0 aliphatic carbocycles. The number of benzene rings is 1. The summed E-state index contributed by atoms with van der Waals surface area (Å²) < 4.78 is 5.53. The van der Waals surface area contributed by atoms with Crippen molar-refractivity contribution in [2.45, 2.75) is 38.5 Å². The van der Waals surface area contributed by atoms with Crippen molar-refractivity contribution in [2.75, 3.05) is 12.5 Å². The molecule has 4 nitrogen and oxygen atoms in total.